The monoisotopic (exact) mass is 327 g/mol. The number of aliphatic carboxylic acids is 1. The highest BCUT2D eigenvalue weighted by Gasteiger charge is 2.31. The quantitative estimate of drug-likeness (QED) is 0.922. The van der Waals surface area contributed by atoms with Gasteiger partial charge in [0.1, 0.15) is 5.75 Å². The predicted molar refractivity (Wildman–Crippen MR) is 72.3 cm³/mol. The first-order valence-corrected chi connectivity index (χ1v) is 6.68. The van der Waals surface area contributed by atoms with Crippen molar-refractivity contribution in [2.75, 3.05) is 20.2 Å². The summed E-state index contributed by atoms with van der Waals surface area (Å²) in [7, 11) is 1.54. The molecule has 6 heteroatoms. The van der Waals surface area contributed by atoms with Crippen LogP contribution in [0, 0.1) is 5.92 Å². The predicted octanol–water partition coefficient (Wildman–Crippen LogP) is 2.00. The van der Waals surface area contributed by atoms with Crippen molar-refractivity contribution >= 4 is 27.8 Å². The van der Waals surface area contributed by atoms with E-state index in [2.05, 4.69) is 15.9 Å². The first-order valence-electron chi connectivity index (χ1n) is 5.88. The van der Waals surface area contributed by atoms with Gasteiger partial charge in [-0.05, 0) is 40.5 Å². The number of nitrogens with zero attached hydrogens (tertiary/aromatic N) is 1. The van der Waals surface area contributed by atoms with Gasteiger partial charge in [-0.1, -0.05) is 0 Å². The molecule has 0 aliphatic carbocycles. The lowest BCUT2D eigenvalue weighted by atomic mass is 10.1. The molecule has 1 aliphatic heterocycles. The third-order valence-corrected chi connectivity index (χ3v) is 3.92. The van der Waals surface area contributed by atoms with Crippen LogP contribution in [0.1, 0.15) is 16.8 Å². The van der Waals surface area contributed by atoms with Crippen molar-refractivity contribution in [2.24, 2.45) is 5.92 Å². The van der Waals surface area contributed by atoms with Crippen molar-refractivity contribution in [3.63, 3.8) is 0 Å². The fourth-order valence-corrected chi connectivity index (χ4v) is 2.53. The van der Waals surface area contributed by atoms with Gasteiger partial charge in [-0.15, -0.1) is 0 Å². The van der Waals surface area contributed by atoms with E-state index in [1.807, 2.05) is 0 Å². The number of hydrogen-bond acceptors (Lipinski definition) is 3. The molecular weight excluding hydrogens is 314 g/mol. The highest BCUT2D eigenvalue weighted by Crippen LogP contribution is 2.26. The summed E-state index contributed by atoms with van der Waals surface area (Å²) in [6.45, 7) is 0.733. The average molecular weight is 328 g/mol. The number of methoxy groups -OCH3 is 1. The smallest absolute Gasteiger partial charge is 0.308 e. The standard InChI is InChI=1S/C13H14BrNO4/c1-19-9-2-3-11(14)10(6-9)12(16)15-5-4-8(7-15)13(17)18/h2-3,6,8H,4-5,7H2,1H3,(H,17,18)/t8-/m0/s1. The number of halogens is 1. The van der Waals surface area contributed by atoms with Crippen molar-refractivity contribution in [3.8, 4) is 5.75 Å². The average Bonchev–Trinajstić information content (AvgIpc) is 2.88. The lowest BCUT2D eigenvalue weighted by molar-refractivity contribution is -0.141. The van der Waals surface area contributed by atoms with Crippen LogP contribution in [0.25, 0.3) is 0 Å². The zero-order chi connectivity index (χ0) is 14.0. The van der Waals surface area contributed by atoms with Crippen molar-refractivity contribution < 1.29 is 19.4 Å². The molecule has 0 spiro atoms. The molecule has 102 valence electrons. The van der Waals surface area contributed by atoms with E-state index < -0.39 is 11.9 Å². The zero-order valence-electron chi connectivity index (χ0n) is 10.4. The molecule has 0 saturated carbocycles. The topological polar surface area (TPSA) is 66.8 Å². The van der Waals surface area contributed by atoms with Crippen LogP contribution in [0.5, 0.6) is 5.75 Å². The molecule has 1 atom stereocenters. The van der Waals surface area contributed by atoms with Gasteiger partial charge in [0.15, 0.2) is 0 Å². The molecule has 19 heavy (non-hydrogen) atoms. The van der Waals surface area contributed by atoms with Crippen molar-refractivity contribution in [2.45, 2.75) is 6.42 Å². The second-order valence-electron chi connectivity index (χ2n) is 4.42. The first kappa shape index (κ1) is 13.9. The summed E-state index contributed by atoms with van der Waals surface area (Å²) < 4.78 is 5.77. The lowest BCUT2D eigenvalue weighted by Crippen LogP contribution is -2.30. The molecule has 5 nitrogen and oxygen atoms in total. The summed E-state index contributed by atoms with van der Waals surface area (Å²) >= 11 is 3.33. The van der Waals surface area contributed by atoms with Gasteiger partial charge in [0.2, 0.25) is 0 Å². The number of hydrogen-bond donors (Lipinski definition) is 1. The van der Waals surface area contributed by atoms with Crippen LogP contribution in [-0.4, -0.2) is 42.1 Å². The summed E-state index contributed by atoms with van der Waals surface area (Å²) in [5, 5.41) is 8.95. The zero-order valence-corrected chi connectivity index (χ0v) is 12.0. The maximum absolute atomic E-state index is 12.4. The van der Waals surface area contributed by atoms with E-state index in [1.165, 1.54) is 7.11 Å². The van der Waals surface area contributed by atoms with E-state index in [-0.39, 0.29) is 12.5 Å². The molecule has 0 aromatic heterocycles. The van der Waals surface area contributed by atoms with Gasteiger partial charge in [-0.2, -0.15) is 0 Å². The van der Waals surface area contributed by atoms with E-state index in [4.69, 9.17) is 9.84 Å². The number of carboxylic acid groups (broad SMARTS) is 1. The normalized spacial score (nSPS) is 18.4. The first-order chi connectivity index (χ1) is 9.02. The Labute approximate surface area is 119 Å². The molecule has 1 amide bonds. The van der Waals surface area contributed by atoms with Crippen LogP contribution in [0.15, 0.2) is 22.7 Å². The Bertz CT molecular complexity index is 517. The van der Waals surface area contributed by atoms with Gasteiger partial charge < -0.3 is 14.7 Å². The molecule has 1 aromatic rings. The van der Waals surface area contributed by atoms with E-state index in [1.54, 1.807) is 23.1 Å². The van der Waals surface area contributed by atoms with Crippen molar-refractivity contribution in [3.05, 3.63) is 28.2 Å². The van der Waals surface area contributed by atoms with Gasteiger partial charge in [-0.25, -0.2) is 0 Å². The summed E-state index contributed by atoms with van der Waals surface area (Å²) in [5.74, 6) is -0.886. The minimum atomic E-state index is -0.847. The van der Waals surface area contributed by atoms with Gasteiger partial charge in [0, 0.05) is 17.6 Å². The van der Waals surface area contributed by atoms with Crippen LogP contribution in [-0.2, 0) is 4.79 Å². The Hall–Kier alpha value is -1.56. The minimum Gasteiger partial charge on any atom is -0.497 e. The van der Waals surface area contributed by atoms with E-state index in [0.29, 0.717) is 28.8 Å². The van der Waals surface area contributed by atoms with Crippen LogP contribution in [0.2, 0.25) is 0 Å². The molecule has 1 N–H and O–H groups in total. The molecule has 2 rings (SSSR count). The minimum absolute atomic E-state index is 0.172. The molecule has 1 fully saturated rings. The Morgan fingerprint density at radius 3 is 2.79 bits per heavy atom. The summed E-state index contributed by atoms with van der Waals surface area (Å²) in [4.78, 5) is 24.8. The number of benzene rings is 1. The maximum Gasteiger partial charge on any atom is 0.308 e. The van der Waals surface area contributed by atoms with Gasteiger partial charge in [-0.3, -0.25) is 9.59 Å². The fourth-order valence-electron chi connectivity index (χ4n) is 2.11. The highest BCUT2D eigenvalue weighted by molar-refractivity contribution is 9.10. The third kappa shape index (κ3) is 2.89. The van der Waals surface area contributed by atoms with E-state index in [9.17, 15) is 9.59 Å². The molecule has 0 bridgehead atoms. The molecular formula is C13H14BrNO4. The number of rotatable bonds is 3. The van der Waals surface area contributed by atoms with Crippen molar-refractivity contribution in [1.29, 1.82) is 0 Å². The SMILES string of the molecule is COc1ccc(Br)c(C(=O)N2CC[C@H](C(=O)O)C2)c1. The van der Waals surface area contributed by atoms with Crippen molar-refractivity contribution in [1.82, 2.24) is 4.90 Å². The number of carbonyl (C=O) groups excluding carboxylic acids is 1. The highest BCUT2D eigenvalue weighted by atomic mass is 79.9. The molecule has 1 heterocycles. The van der Waals surface area contributed by atoms with Crippen LogP contribution in [0.4, 0.5) is 0 Å². The maximum atomic E-state index is 12.4. The van der Waals surface area contributed by atoms with Crippen LogP contribution >= 0.6 is 15.9 Å². The van der Waals surface area contributed by atoms with E-state index >= 15 is 0 Å². The second kappa shape index (κ2) is 5.61. The Morgan fingerprint density at radius 2 is 2.21 bits per heavy atom. The van der Waals surface area contributed by atoms with Gasteiger partial charge >= 0.3 is 5.97 Å². The molecule has 0 radical (unpaired) electrons. The number of likely N-dealkylation sites (tertiary alicyclic amines) is 1. The molecule has 1 aromatic carbocycles. The lowest BCUT2D eigenvalue weighted by Gasteiger charge is -2.17. The van der Waals surface area contributed by atoms with Crippen LogP contribution < -0.4 is 4.74 Å². The number of carbonyl (C=O) groups is 2. The Morgan fingerprint density at radius 1 is 1.47 bits per heavy atom. The summed E-state index contributed by atoms with van der Waals surface area (Å²) in [6, 6.07) is 5.15. The van der Waals surface area contributed by atoms with Crippen LogP contribution in [0.3, 0.4) is 0 Å². The summed E-state index contributed by atoms with van der Waals surface area (Å²) in [5.41, 5.74) is 0.491. The third-order valence-electron chi connectivity index (χ3n) is 3.23. The van der Waals surface area contributed by atoms with Gasteiger partial charge in [0.25, 0.3) is 5.91 Å². The summed E-state index contributed by atoms with van der Waals surface area (Å²) in [6.07, 6.45) is 0.503. The number of ether oxygens (including phenoxy) is 1. The Kier molecular flexibility index (Phi) is 4.09. The second-order valence-corrected chi connectivity index (χ2v) is 5.28. The number of carboxylic acids is 1. The number of amides is 1. The Balaban J connectivity index is 2.18. The molecule has 0 unspecified atom stereocenters. The van der Waals surface area contributed by atoms with E-state index in [0.717, 1.165) is 0 Å². The fraction of sp³-hybridized carbons (Fsp3) is 0.385. The van der Waals surface area contributed by atoms with Gasteiger partial charge in [0.05, 0.1) is 18.6 Å². The molecule has 1 saturated heterocycles. The largest absolute Gasteiger partial charge is 0.497 e. The molecule has 1 aliphatic rings.